The SMILES string of the molecule is CCCC(C(=O)OCC)c1c(OC)cccc1OC. The van der Waals surface area contributed by atoms with Gasteiger partial charge in [0.15, 0.2) is 0 Å². The third-order valence-corrected chi connectivity index (χ3v) is 2.96. The Labute approximate surface area is 114 Å². The van der Waals surface area contributed by atoms with E-state index in [-0.39, 0.29) is 11.9 Å². The molecule has 0 aliphatic carbocycles. The monoisotopic (exact) mass is 266 g/mol. The van der Waals surface area contributed by atoms with Gasteiger partial charge in [0.05, 0.1) is 32.3 Å². The smallest absolute Gasteiger partial charge is 0.313 e. The molecule has 4 nitrogen and oxygen atoms in total. The Bertz CT molecular complexity index is 392. The molecule has 1 aromatic carbocycles. The zero-order chi connectivity index (χ0) is 14.3. The normalized spacial score (nSPS) is 11.8. The standard InChI is InChI=1S/C15H22O4/c1-5-8-11(15(16)19-6-2)14-12(17-3)9-7-10-13(14)18-4/h7,9-11H,5-6,8H2,1-4H3. The number of methoxy groups -OCH3 is 2. The molecular weight excluding hydrogens is 244 g/mol. The Kier molecular flexibility index (Phi) is 6.19. The highest BCUT2D eigenvalue weighted by atomic mass is 16.5. The number of ether oxygens (including phenoxy) is 3. The van der Waals surface area contributed by atoms with Crippen molar-refractivity contribution >= 4 is 5.97 Å². The van der Waals surface area contributed by atoms with Crippen LogP contribution in [0, 0.1) is 0 Å². The van der Waals surface area contributed by atoms with Gasteiger partial charge in [-0.3, -0.25) is 4.79 Å². The van der Waals surface area contributed by atoms with Gasteiger partial charge in [-0.1, -0.05) is 19.4 Å². The number of benzene rings is 1. The van der Waals surface area contributed by atoms with Crippen LogP contribution in [-0.4, -0.2) is 26.8 Å². The molecule has 1 atom stereocenters. The minimum atomic E-state index is -0.351. The van der Waals surface area contributed by atoms with Crippen molar-refractivity contribution in [3.8, 4) is 11.5 Å². The molecule has 19 heavy (non-hydrogen) atoms. The van der Waals surface area contributed by atoms with Gasteiger partial charge in [-0.15, -0.1) is 0 Å². The maximum atomic E-state index is 12.1. The average molecular weight is 266 g/mol. The fraction of sp³-hybridized carbons (Fsp3) is 0.533. The molecule has 0 heterocycles. The van der Waals surface area contributed by atoms with Crippen molar-refractivity contribution in [3.63, 3.8) is 0 Å². The van der Waals surface area contributed by atoms with Gasteiger partial charge in [-0.25, -0.2) is 0 Å². The summed E-state index contributed by atoms with van der Waals surface area (Å²) in [4.78, 5) is 12.1. The van der Waals surface area contributed by atoms with Gasteiger partial charge < -0.3 is 14.2 Å². The van der Waals surface area contributed by atoms with Gasteiger partial charge in [0.25, 0.3) is 0 Å². The predicted octanol–water partition coefficient (Wildman–Crippen LogP) is 3.15. The summed E-state index contributed by atoms with van der Waals surface area (Å²) >= 11 is 0. The topological polar surface area (TPSA) is 44.8 Å². The second kappa shape index (κ2) is 7.67. The summed E-state index contributed by atoms with van der Waals surface area (Å²) in [5, 5.41) is 0. The van der Waals surface area contributed by atoms with Gasteiger partial charge in [0.1, 0.15) is 11.5 Å². The predicted molar refractivity (Wildman–Crippen MR) is 73.8 cm³/mol. The van der Waals surface area contributed by atoms with Gasteiger partial charge in [0.2, 0.25) is 0 Å². The van der Waals surface area contributed by atoms with Gasteiger partial charge >= 0.3 is 5.97 Å². The number of hydrogen-bond donors (Lipinski definition) is 0. The van der Waals surface area contributed by atoms with Crippen molar-refractivity contribution in [2.24, 2.45) is 0 Å². The van der Waals surface area contributed by atoms with Gasteiger partial charge in [-0.2, -0.15) is 0 Å². The Morgan fingerprint density at radius 2 is 1.74 bits per heavy atom. The van der Waals surface area contributed by atoms with Crippen molar-refractivity contribution in [2.45, 2.75) is 32.6 Å². The van der Waals surface area contributed by atoms with Crippen molar-refractivity contribution < 1.29 is 19.0 Å². The van der Waals surface area contributed by atoms with Crippen molar-refractivity contribution in [3.05, 3.63) is 23.8 Å². The zero-order valence-electron chi connectivity index (χ0n) is 12.1. The number of carbonyl (C=O) groups excluding carboxylic acids is 1. The lowest BCUT2D eigenvalue weighted by Crippen LogP contribution is -2.17. The van der Waals surface area contributed by atoms with E-state index in [1.54, 1.807) is 21.1 Å². The van der Waals surface area contributed by atoms with Crippen LogP contribution in [0.15, 0.2) is 18.2 Å². The molecule has 0 aromatic heterocycles. The van der Waals surface area contributed by atoms with E-state index in [0.29, 0.717) is 24.5 Å². The molecule has 1 rings (SSSR count). The molecule has 0 fully saturated rings. The summed E-state index contributed by atoms with van der Waals surface area (Å²) in [5.41, 5.74) is 0.771. The third-order valence-electron chi connectivity index (χ3n) is 2.96. The second-order valence-electron chi connectivity index (χ2n) is 4.17. The summed E-state index contributed by atoms with van der Waals surface area (Å²) in [5.74, 6) is 0.736. The second-order valence-corrected chi connectivity index (χ2v) is 4.17. The summed E-state index contributed by atoms with van der Waals surface area (Å²) < 4.78 is 15.9. The van der Waals surface area contributed by atoms with E-state index >= 15 is 0 Å². The lowest BCUT2D eigenvalue weighted by Gasteiger charge is -2.20. The Morgan fingerprint density at radius 3 is 2.16 bits per heavy atom. The summed E-state index contributed by atoms with van der Waals surface area (Å²) in [6.45, 7) is 4.21. The van der Waals surface area contributed by atoms with Crippen LogP contribution in [0.3, 0.4) is 0 Å². The third kappa shape index (κ3) is 3.63. The van der Waals surface area contributed by atoms with E-state index in [2.05, 4.69) is 0 Å². The molecule has 0 radical (unpaired) electrons. The summed E-state index contributed by atoms with van der Waals surface area (Å²) in [7, 11) is 3.18. The summed E-state index contributed by atoms with van der Waals surface area (Å²) in [6, 6.07) is 5.51. The van der Waals surface area contributed by atoms with Crippen LogP contribution in [0.1, 0.15) is 38.2 Å². The zero-order valence-corrected chi connectivity index (χ0v) is 12.1. The van der Waals surface area contributed by atoms with E-state index < -0.39 is 0 Å². The van der Waals surface area contributed by atoms with E-state index in [1.165, 1.54) is 0 Å². The highest BCUT2D eigenvalue weighted by Crippen LogP contribution is 2.38. The van der Waals surface area contributed by atoms with Crippen LogP contribution in [0.2, 0.25) is 0 Å². The van der Waals surface area contributed by atoms with Crippen LogP contribution in [0.25, 0.3) is 0 Å². The number of rotatable bonds is 7. The van der Waals surface area contributed by atoms with Gasteiger partial charge in [0, 0.05) is 0 Å². The molecule has 0 saturated carbocycles. The highest BCUT2D eigenvalue weighted by Gasteiger charge is 2.27. The molecule has 0 amide bonds. The lowest BCUT2D eigenvalue weighted by molar-refractivity contribution is -0.145. The lowest BCUT2D eigenvalue weighted by atomic mass is 9.92. The molecule has 4 heteroatoms. The van der Waals surface area contributed by atoms with E-state index in [1.807, 2.05) is 25.1 Å². The molecule has 1 unspecified atom stereocenters. The first kappa shape index (κ1) is 15.3. The highest BCUT2D eigenvalue weighted by molar-refractivity contribution is 5.80. The van der Waals surface area contributed by atoms with Crippen LogP contribution in [0.4, 0.5) is 0 Å². The van der Waals surface area contributed by atoms with Crippen LogP contribution < -0.4 is 9.47 Å². The first-order valence-electron chi connectivity index (χ1n) is 6.57. The molecule has 0 N–H and O–H groups in total. The van der Waals surface area contributed by atoms with Gasteiger partial charge in [-0.05, 0) is 25.5 Å². The van der Waals surface area contributed by atoms with E-state index in [4.69, 9.17) is 14.2 Å². The summed E-state index contributed by atoms with van der Waals surface area (Å²) in [6.07, 6.45) is 1.58. The molecule has 0 bridgehead atoms. The molecule has 1 aromatic rings. The molecule has 0 saturated heterocycles. The molecule has 0 aliphatic heterocycles. The minimum Gasteiger partial charge on any atom is -0.496 e. The Balaban J connectivity index is 3.23. The maximum Gasteiger partial charge on any atom is 0.313 e. The molecule has 106 valence electrons. The maximum absolute atomic E-state index is 12.1. The number of hydrogen-bond acceptors (Lipinski definition) is 4. The van der Waals surface area contributed by atoms with Crippen LogP contribution in [-0.2, 0) is 9.53 Å². The van der Waals surface area contributed by atoms with E-state index in [0.717, 1.165) is 12.0 Å². The fourth-order valence-corrected chi connectivity index (χ4v) is 2.13. The van der Waals surface area contributed by atoms with Crippen molar-refractivity contribution in [1.29, 1.82) is 0 Å². The average Bonchev–Trinajstić information content (AvgIpc) is 2.44. The quantitative estimate of drug-likeness (QED) is 0.711. The van der Waals surface area contributed by atoms with Crippen LogP contribution in [0.5, 0.6) is 11.5 Å². The fourth-order valence-electron chi connectivity index (χ4n) is 2.13. The van der Waals surface area contributed by atoms with Crippen LogP contribution >= 0.6 is 0 Å². The molecule has 0 spiro atoms. The number of esters is 1. The van der Waals surface area contributed by atoms with Crippen molar-refractivity contribution in [1.82, 2.24) is 0 Å². The first-order chi connectivity index (χ1) is 9.19. The molecular formula is C15H22O4. The minimum absolute atomic E-state index is 0.229. The Hall–Kier alpha value is -1.71. The largest absolute Gasteiger partial charge is 0.496 e. The van der Waals surface area contributed by atoms with Crippen molar-refractivity contribution in [2.75, 3.05) is 20.8 Å². The number of carbonyl (C=O) groups is 1. The molecule has 0 aliphatic rings. The van der Waals surface area contributed by atoms with E-state index in [9.17, 15) is 4.79 Å². The Morgan fingerprint density at radius 1 is 1.16 bits per heavy atom. The first-order valence-corrected chi connectivity index (χ1v) is 6.57.